The molecule has 0 unspecified atom stereocenters. The third-order valence-electron chi connectivity index (χ3n) is 7.08. The van der Waals surface area contributed by atoms with Gasteiger partial charge in [-0.2, -0.15) is 9.97 Å². The highest BCUT2D eigenvalue weighted by Gasteiger charge is 2.43. The molecule has 262 valence electrons. The van der Waals surface area contributed by atoms with Crippen LogP contribution in [0.2, 0.25) is 0 Å². The molecule has 0 aliphatic carbocycles. The Morgan fingerprint density at radius 3 is 1.92 bits per heavy atom. The van der Waals surface area contributed by atoms with E-state index in [4.69, 9.17) is 4.74 Å². The number of nitrogens with one attached hydrogen (secondary N) is 4. The maximum atomic E-state index is 14.3. The van der Waals surface area contributed by atoms with Gasteiger partial charge >= 0.3 is 6.29 Å². The van der Waals surface area contributed by atoms with Gasteiger partial charge in [-0.1, -0.05) is 18.2 Å². The SMILES string of the molecule is CC(C)Nc1nc(NCc2ccc3c(c2)OC(F)(F)O3)c2sccc2n1.COc1cccc(CNc2nc(NC(C)C)nc3ccsc23)c1F. The molecule has 6 aromatic rings. The molecule has 2 aromatic carbocycles. The Bertz CT molecular complexity index is 2110. The minimum absolute atomic E-state index is 0.0282. The number of fused-ring (bicyclic) bond motifs is 3. The largest absolute Gasteiger partial charge is 0.586 e. The first-order valence-corrected chi connectivity index (χ1v) is 17.5. The summed E-state index contributed by atoms with van der Waals surface area (Å²) in [4.78, 5) is 18.0. The van der Waals surface area contributed by atoms with Crippen molar-refractivity contribution in [3.63, 3.8) is 0 Å². The van der Waals surface area contributed by atoms with Crippen molar-refractivity contribution in [3.05, 3.63) is 76.2 Å². The third-order valence-corrected chi connectivity index (χ3v) is 8.90. The van der Waals surface area contributed by atoms with Gasteiger partial charge in [0.25, 0.3) is 0 Å². The standard InChI is InChI=1S/C17H16F2N4O2S.C17H19FN4OS/c1-9(2)21-16-22-11-5-6-26-14(11)15(23-16)20-8-10-3-4-12-13(7-10)25-17(18,19)24-12;1-10(2)20-17-21-12-7-8-24-15(12)16(22-17)19-9-11-5-4-6-13(23-3)14(11)18/h3-7,9H,8H2,1-2H3,(H2,20,21,22,23);4-8,10H,9H2,1-3H3,(H2,19,20,21,22). The Morgan fingerprint density at radius 1 is 0.760 bits per heavy atom. The molecule has 4 aromatic heterocycles. The summed E-state index contributed by atoms with van der Waals surface area (Å²) < 4.78 is 56.3. The van der Waals surface area contributed by atoms with Crippen LogP contribution in [0.4, 0.5) is 36.7 Å². The highest BCUT2D eigenvalue weighted by Crippen LogP contribution is 2.41. The van der Waals surface area contributed by atoms with Crippen LogP contribution in [0.25, 0.3) is 20.4 Å². The Kier molecular flexibility index (Phi) is 10.3. The number of anilines is 4. The van der Waals surface area contributed by atoms with E-state index >= 15 is 0 Å². The van der Waals surface area contributed by atoms with Crippen molar-refractivity contribution < 1.29 is 27.4 Å². The lowest BCUT2D eigenvalue weighted by molar-refractivity contribution is -0.286. The van der Waals surface area contributed by atoms with Gasteiger partial charge in [-0.3, -0.25) is 0 Å². The lowest BCUT2D eigenvalue weighted by Crippen LogP contribution is -2.25. The van der Waals surface area contributed by atoms with Crippen molar-refractivity contribution in [2.75, 3.05) is 28.4 Å². The lowest BCUT2D eigenvalue weighted by atomic mass is 10.2. The molecule has 7 rings (SSSR count). The monoisotopic (exact) mass is 724 g/mol. The number of ether oxygens (including phenoxy) is 3. The fraction of sp³-hybridized carbons (Fsp3) is 0.294. The highest BCUT2D eigenvalue weighted by atomic mass is 32.1. The molecular weight excluding hydrogens is 690 g/mol. The maximum Gasteiger partial charge on any atom is 0.586 e. The number of alkyl halides is 2. The first kappa shape index (κ1) is 34.8. The Labute approximate surface area is 294 Å². The number of benzene rings is 2. The number of rotatable bonds is 11. The Morgan fingerprint density at radius 2 is 1.34 bits per heavy atom. The van der Waals surface area contributed by atoms with Gasteiger partial charge in [-0.25, -0.2) is 14.4 Å². The molecule has 0 amide bonds. The molecule has 16 heteroatoms. The molecular formula is C34H35F3N8O3S2. The molecule has 0 saturated carbocycles. The van der Waals surface area contributed by atoms with Crippen LogP contribution >= 0.6 is 22.7 Å². The zero-order chi connectivity index (χ0) is 35.4. The van der Waals surface area contributed by atoms with Crippen LogP contribution in [0, 0.1) is 5.82 Å². The summed E-state index contributed by atoms with van der Waals surface area (Å²) in [5.74, 6) is 2.43. The van der Waals surface area contributed by atoms with Gasteiger partial charge in [0.05, 0.1) is 27.5 Å². The van der Waals surface area contributed by atoms with Crippen molar-refractivity contribution in [1.29, 1.82) is 0 Å². The molecule has 0 radical (unpaired) electrons. The van der Waals surface area contributed by atoms with Crippen molar-refractivity contribution in [2.24, 2.45) is 0 Å². The van der Waals surface area contributed by atoms with Gasteiger partial charge in [0.2, 0.25) is 11.9 Å². The van der Waals surface area contributed by atoms with Crippen LogP contribution in [-0.4, -0.2) is 45.4 Å². The molecule has 1 aliphatic rings. The van der Waals surface area contributed by atoms with E-state index in [9.17, 15) is 13.2 Å². The van der Waals surface area contributed by atoms with Gasteiger partial charge in [0.15, 0.2) is 23.1 Å². The summed E-state index contributed by atoms with van der Waals surface area (Å²) in [6.45, 7) is 8.79. The van der Waals surface area contributed by atoms with E-state index in [2.05, 4.69) is 50.7 Å². The quantitative estimate of drug-likeness (QED) is 0.102. The minimum Gasteiger partial charge on any atom is -0.494 e. The zero-order valence-corrected chi connectivity index (χ0v) is 29.4. The van der Waals surface area contributed by atoms with E-state index in [1.165, 1.54) is 30.6 Å². The maximum absolute atomic E-state index is 14.3. The summed E-state index contributed by atoms with van der Waals surface area (Å²) in [6.07, 6.45) is -3.61. The molecule has 11 nitrogen and oxygen atoms in total. The second-order valence-corrected chi connectivity index (χ2v) is 13.6. The average Bonchev–Trinajstić information content (AvgIpc) is 3.80. The molecule has 4 N–H and O–H groups in total. The number of hydrogen-bond acceptors (Lipinski definition) is 13. The highest BCUT2D eigenvalue weighted by molar-refractivity contribution is 7.18. The number of methoxy groups -OCH3 is 1. The number of aromatic nitrogens is 4. The number of nitrogens with zero attached hydrogens (tertiary/aromatic N) is 4. The van der Waals surface area contributed by atoms with Crippen LogP contribution in [0.1, 0.15) is 38.8 Å². The predicted octanol–water partition coefficient (Wildman–Crippen LogP) is 8.72. The second kappa shape index (κ2) is 14.8. The second-order valence-electron chi connectivity index (χ2n) is 11.7. The smallest absolute Gasteiger partial charge is 0.494 e. The van der Waals surface area contributed by atoms with Crippen molar-refractivity contribution in [2.45, 2.75) is 59.2 Å². The van der Waals surface area contributed by atoms with Gasteiger partial charge in [-0.05, 0) is 74.4 Å². The van der Waals surface area contributed by atoms with E-state index in [0.717, 1.165) is 26.0 Å². The van der Waals surface area contributed by atoms with Gasteiger partial charge in [-0.15, -0.1) is 31.5 Å². The topological polar surface area (TPSA) is 127 Å². The lowest BCUT2D eigenvalue weighted by Gasteiger charge is -2.12. The molecule has 5 heterocycles. The van der Waals surface area contributed by atoms with Gasteiger partial charge < -0.3 is 35.5 Å². The van der Waals surface area contributed by atoms with E-state index in [0.29, 0.717) is 42.2 Å². The van der Waals surface area contributed by atoms with Crippen molar-refractivity contribution >= 4 is 66.6 Å². The molecule has 0 spiro atoms. The van der Waals surface area contributed by atoms with E-state index in [1.807, 2.05) is 50.6 Å². The molecule has 0 fully saturated rings. The van der Waals surface area contributed by atoms with Crippen molar-refractivity contribution in [3.8, 4) is 17.2 Å². The van der Waals surface area contributed by atoms with Gasteiger partial charge in [0, 0.05) is 30.7 Å². The summed E-state index contributed by atoms with van der Waals surface area (Å²) in [6, 6.07) is 14.1. The normalized spacial score (nSPS) is 13.0. The molecule has 1 aliphatic heterocycles. The van der Waals surface area contributed by atoms with E-state index in [-0.39, 0.29) is 35.1 Å². The Balaban J connectivity index is 0.000000174. The van der Waals surface area contributed by atoms with Crippen LogP contribution in [0.15, 0.2) is 59.3 Å². The molecule has 0 atom stereocenters. The summed E-state index contributed by atoms with van der Waals surface area (Å²) in [5.41, 5.74) is 3.01. The summed E-state index contributed by atoms with van der Waals surface area (Å²) >= 11 is 3.09. The first-order chi connectivity index (χ1) is 24.0. The predicted molar refractivity (Wildman–Crippen MR) is 193 cm³/mol. The van der Waals surface area contributed by atoms with Crippen LogP contribution in [0.3, 0.4) is 0 Å². The van der Waals surface area contributed by atoms with Crippen LogP contribution < -0.4 is 35.5 Å². The minimum atomic E-state index is -3.61. The van der Waals surface area contributed by atoms with Crippen LogP contribution in [-0.2, 0) is 13.1 Å². The zero-order valence-electron chi connectivity index (χ0n) is 27.8. The summed E-state index contributed by atoms with van der Waals surface area (Å²) in [5, 5.41) is 16.8. The van der Waals surface area contributed by atoms with Gasteiger partial charge in [0.1, 0.15) is 11.6 Å². The number of hydrogen-bond donors (Lipinski definition) is 4. The van der Waals surface area contributed by atoms with E-state index in [1.54, 1.807) is 35.6 Å². The molecule has 50 heavy (non-hydrogen) atoms. The van der Waals surface area contributed by atoms with Crippen molar-refractivity contribution in [1.82, 2.24) is 19.9 Å². The number of halogens is 3. The molecule has 0 bridgehead atoms. The fourth-order valence-corrected chi connectivity index (χ4v) is 6.52. The van der Waals surface area contributed by atoms with Crippen LogP contribution in [0.5, 0.6) is 17.2 Å². The molecule has 0 saturated heterocycles. The Hall–Kier alpha value is -5.09. The fourth-order valence-electron chi connectivity index (χ4n) is 4.93. The summed E-state index contributed by atoms with van der Waals surface area (Å²) in [7, 11) is 1.46. The first-order valence-electron chi connectivity index (χ1n) is 15.7. The third kappa shape index (κ3) is 8.19. The average molecular weight is 725 g/mol. The number of thiophene rings is 2. The van der Waals surface area contributed by atoms with E-state index < -0.39 is 6.29 Å².